The second-order valence-electron chi connectivity index (χ2n) is 9.58. The third-order valence-corrected chi connectivity index (χ3v) is 6.97. The van der Waals surface area contributed by atoms with Gasteiger partial charge in [-0.05, 0) is 37.2 Å². The smallest absolute Gasteiger partial charge is 0.317 e. The van der Waals surface area contributed by atoms with Crippen LogP contribution in [0, 0.1) is 11.8 Å². The van der Waals surface area contributed by atoms with Crippen LogP contribution in [0.2, 0.25) is 0 Å². The summed E-state index contributed by atoms with van der Waals surface area (Å²) in [6.45, 7) is 3.43. The lowest BCUT2D eigenvalue weighted by atomic mass is 9.85. The molecule has 1 saturated heterocycles. The van der Waals surface area contributed by atoms with Gasteiger partial charge in [0, 0.05) is 51.9 Å². The van der Waals surface area contributed by atoms with E-state index >= 15 is 0 Å². The predicted molar refractivity (Wildman–Crippen MR) is 128 cm³/mol. The van der Waals surface area contributed by atoms with Crippen molar-refractivity contribution < 1.29 is 14.3 Å². The molecule has 3 atom stereocenters. The Labute approximate surface area is 194 Å². The topological polar surface area (TPSA) is 76.8 Å². The summed E-state index contributed by atoms with van der Waals surface area (Å²) in [6, 6.07) is 10.5. The molecule has 1 heterocycles. The number of nitrogens with one attached hydrogen (secondary N) is 1. The highest BCUT2D eigenvalue weighted by atomic mass is 16.5. The van der Waals surface area contributed by atoms with E-state index in [4.69, 9.17) is 15.2 Å². The summed E-state index contributed by atoms with van der Waals surface area (Å²) < 4.78 is 11.5. The standard InChI is InChI=1S/C26H43N3O3/c1-31-16-9-17-32-25(22-12-6-3-7-13-22)23-14-8-15-29(20-23)26(30)28-19-24(27)18-21-10-4-2-5-11-21/h3,6-7,12-13,21,23-25H,2,4-5,8-11,14-20,27H2,1H3,(H,28,30)/t23-,24-,25?/m1/s1. The number of likely N-dealkylation sites (tertiary alicyclic amines) is 1. The van der Waals surface area contributed by atoms with Crippen molar-refractivity contribution >= 4 is 6.03 Å². The van der Waals surface area contributed by atoms with Gasteiger partial charge in [-0.1, -0.05) is 62.4 Å². The second-order valence-corrected chi connectivity index (χ2v) is 9.58. The Bertz CT molecular complexity index is 651. The molecule has 32 heavy (non-hydrogen) atoms. The zero-order valence-electron chi connectivity index (χ0n) is 19.8. The highest BCUT2D eigenvalue weighted by Crippen LogP contribution is 2.33. The van der Waals surface area contributed by atoms with Gasteiger partial charge in [-0.2, -0.15) is 0 Å². The fourth-order valence-electron chi connectivity index (χ4n) is 5.27. The number of carbonyl (C=O) groups excluding carboxylic acids is 1. The van der Waals surface area contributed by atoms with Gasteiger partial charge in [0.25, 0.3) is 0 Å². The van der Waals surface area contributed by atoms with Gasteiger partial charge < -0.3 is 25.4 Å². The maximum atomic E-state index is 12.9. The molecule has 2 aliphatic rings. The van der Waals surface area contributed by atoms with Crippen LogP contribution < -0.4 is 11.1 Å². The maximum Gasteiger partial charge on any atom is 0.317 e. The van der Waals surface area contributed by atoms with E-state index in [1.807, 2.05) is 11.0 Å². The minimum Gasteiger partial charge on any atom is -0.385 e. The number of hydrogen-bond acceptors (Lipinski definition) is 4. The average molecular weight is 446 g/mol. The molecule has 180 valence electrons. The van der Waals surface area contributed by atoms with E-state index < -0.39 is 0 Å². The number of methoxy groups -OCH3 is 1. The Balaban J connectivity index is 1.50. The number of benzene rings is 1. The van der Waals surface area contributed by atoms with Crippen molar-refractivity contribution in [2.24, 2.45) is 17.6 Å². The quantitative estimate of drug-likeness (QED) is 0.492. The molecule has 0 spiro atoms. The number of nitrogens with zero attached hydrogens (tertiary/aromatic N) is 1. The number of ether oxygens (including phenoxy) is 2. The van der Waals surface area contributed by atoms with Crippen molar-refractivity contribution in [1.29, 1.82) is 0 Å². The molecular formula is C26H43N3O3. The van der Waals surface area contributed by atoms with Crippen LogP contribution >= 0.6 is 0 Å². The van der Waals surface area contributed by atoms with Crippen molar-refractivity contribution in [3.8, 4) is 0 Å². The number of nitrogens with two attached hydrogens (primary N) is 1. The first kappa shape index (κ1) is 25.0. The highest BCUT2D eigenvalue weighted by molar-refractivity contribution is 5.74. The summed E-state index contributed by atoms with van der Waals surface area (Å²) in [5.74, 6) is 1.02. The first-order chi connectivity index (χ1) is 15.7. The average Bonchev–Trinajstić information content (AvgIpc) is 2.84. The molecule has 1 aromatic carbocycles. The van der Waals surface area contributed by atoms with Crippen LogP contribution in [-0.2, 0) is 9.47 Å². The van der Waals surface area contributed by atoms with Crippen molar-refractivity contribution in [3.63, 3.8) is 0 Å². The minimum atomic E-state index is -0.00258. The molecule has 3 N–H and O–H groups in total. The van der Waals surface area contributed by atoms with Gasteiger partial charge in [0.2, 0.25) is 0 Å². The molecule has 0 aromatic heterocycles. The molecule has 2 amide bonds. The molecule has 0 bridgehead atoms. The van der Waals surface area contributed by atoms with Crippen LogP contribution in [0.25, 0.3) is 0 Å². The molecule has 1 aliphatic heterocycles. The Hall–Kier alpha value is -1.63. The number of carbonyl (C=O) groups is 1. The van der Waals surface area contributed by atoms with Gasteiger partial charge in [0.15, 0.2) is 0 Å². The number of urea groups is 1. The van der Waals surface area contributed by atoms with E-state index in [9.17, 15) is 4.79 Å². The minimum absolute atomic E-state index is 0.00258. The number of rotatable bonds is 11. The normalized spacial score (nSPS) is 21.8. The van der Waals surface area contributed by atoms with Crippen LogP contribution in [0.3, 0.4) is 0 Å². The third kappa shape index (κ3) is 8.05. The molecule has 6 heteroatoms. The molecule has 1 aliphatic carbocycles. The lowest BCUT2D eigenvalue weighted by molar-refractivity contribution is -0.0166. The summed E-state index contributed by atoms with van der Waals surface area (Å²) >= 11 is 0. The number of amides is 2. The third-order valence-electron chi connectivity index (χ3n) is 6.97. The number of piperidine rings is 1. The maximum absolute atomic E-state index is 12.9. The predicted octanol–water partition coefficient (Wildman–Crippen LogP) is 4.50. The van der Waals surface area contributed by atoms with E-state index in [2.05, 4.69) is 29.6 Å². The fraction of sp³-hybridized carbons (Fsp3) is 0.731. The van der Waals surface area contributed by atoms with E-state index in [1.165, 1.54) is 37.7 Å². The molecule has 3 rings (SSSR count). The SMILES string of the molecule is COCCCOC(c1ccccc1)[C@@H]1CCCN(C(=O)NC[C@H](N)CC2CCCCC2)C1. The summed E-state index contributed by atoms with van der Waals surface area (Å²) in [4.78, 5) is 14.9. The summed E-state index contributed by atoms with van der Waals surface area (Å²) in [5.41, 5.74) is 7.54. The monoisotopic (exact) mass is 445 g/mol. The first-order valence-electron chi connectivity index (χ1n) is 12.6. The van der Waals surface area contributed by atoms with Crippen molar-refractivity contribution in [2.45, 2.75) is 69.9 Å². The van der Waals surface area contributed by atoms with Crippen molar-refractivity contribution in [3.05, 3.63) is 35.9 Å². The summed E-state index contributed by atoms with van der Waals surface area (Å²) in [6.07, 6.45) is 10.6. The Morgan fingerprint density at radius 1 is 1.12 bits per heavy atom. The Kier molecular flexibility index (Phi) is 10.8. The lowest BCUT2D eigenvalue weighted by Crippen LogP contribution is -2.49. The molecular weight excluding hydrogens is 402 g/mol. The van der Waals surface area contributed by atoms with Crippen LogP contribution in [0.4, 0.5) is 4.79 Å². The Morgan fingerprint density at radius 3 is 2.66 bits per heavy atom. The molecule has 1 saturated carbocycles. The first-order valence-corrected chi connectivity index (χ1v) is 12.6. The van der Waals surface area contributed by atoms with E-state index in [0.717, 1.165) is 38.1 Å². The van der Waals surface area contributed by atoms with Gasteiger partial charge >= 0.3 is 6.03 Å². The highest BCUT2D eigenvalue weighted by Gasteiger charge is 2.31. The van der Waals surface area contributed by atoms with Gasteiger partial charge in [-0.3, -0.25) is 0 Å². The van der Waals surface area contributed by atoms with Crippen LogP contribution in [0.5, 0.6) is 0 Å². The molecule has 6 nitrogen and oxygen atoms in total. The van der Waals surface area contributed by atoms with Gasteiger partial charge in [-0.15, -0.1) is 0 Å². The van der Waals surface area contributed by atoms with E-state index in [-0.39, 0.29) is 24.1 Å². The molecule has 2 fully saturated rings. The van der Waals surface area contributed by atoms with Crippen LogP contribution in [0.15, 0.2) is 30.3 Å². The fourth-order valence-corrected chi connectivity index (χ4v) is 5.27. The van der Waals surface area contributed by atoms with Gasteiger partial charge in [0.1, 0.15) is 0 Å². The summed E-state index contributed by atoms with van der Waals surface area (Å²) in [7, 11) is 1.72. The zero-order valence-corrected chi connectivity index (χ0v) is 19.8. The van der Waals surface area contributed by atoms with Crippen molar-refractivity contribution in [1.82, 2.24) is 10.2 Å². The van der Waals surface area contributed by atoms with Crippen molar-refractivity contribution in [2.75, 3.05) is 40.0 Å². The van der Waals surface area contributed by atoms with Crippen LogP contribution in [-0.4, -0.2) is 56.9 Å². The Morgan fingerprint density at radius 2 is 1.91 bits per heavy atom. The summed E-state index contributed by atoms with van der Waals surface area (Å²) in [5, 5.41) is 3.11. The largest absolute Gasteiger partial charge is 0.385 e. The lowest BCUT2D eigenvalue weighted by Gasteiger charge is -2.37. The second kappa shape index (κ2) is 13.8. The number of hydrogen-bond donors (Lipinski definition) is 2. The molecule has 0 radical (unpaired) electrons. The zero-order chi connectivity index (χ0) is 22.6. The van der Waals surface area contributed by atoms with Gasteiger partial charge in [-0.25, -0.2) is 4.79 Å². The molecule has 1 aromatic rings. The van der Waals surface area contributed by atoms with E-state index in [0.29, 0.717) is 26.3 Å². The molecule has 1 unspecified atom stereocenters. The van der Waals surface area contributed by atoms with Gasteiger partial charge in [0.05, 0.1) is 6.10 Å². The van der Waals surface area contributed by atoms with Crippen LogP contribution in [0.1, 0.15) is 69.5 Å². The van der Waals surface area contributed by atoms with E-state index in [1.54, 1.807) is 7.11 Å².